The van der Waals surface area contributed by atoms with Crippen molar-refractivity contribution < 1.29 is 19.1 Å². The molecule has 4 aromatic rings. The Morgan fingerprint density at radius 1 is 0.913 bits per heavy atom. The van der Waals surface area contributed by atoms with E-state index in [9.17, 15) is 14.4 Å². The maximum absolute atomic E-state index is 13.5. The molecule has 0 bridgehead atoms. The number of hydrogen-bond donors (Lipinski definition) is 1. The molecule has 1 N–H and O–H groups in total. The van der Waals surface area contributed by atoms with Crippen molar-refractivity contribution in [3.05, 3.63) is 71.1 Å². The molecule has 10 heteroatoms. The minimum atomic E-state index is -0.610. The van der Waals surface area contributed by atoms with Gasteiger partial charge in [0, 0.05) is 36.6 Å². The number of carbonyl (C=O) groups is 3. The molecule has 2 aromatic heterocycles. The molecule has 1 saturated carbocycles. The van der Waals surface area contributed by atoms with E-state index in [2.05, 4.69) is 35.3 Å². The summed E-state index contributed by atoms with van der Waals surface area (Å²) >= 11 is 1.60. The summed E-state index contributed by atoms with van der Waals surface area (Å²) in [4.78, 5) is 55.4. The van der Waals surface area contributed by atoms with E-state index in [0.717, 1.165) is 40.0 Å². The molecule has 0 spiro atoms. The summed E-state index contributed by atoms with van der Waals surface area (Å²) in [6.07, 6.45) is 2.91. The number of hydrogen-bond acceptors (Lipinski definition) is 8. The number of carbonyl (C=O) groups excluding carboxylic acids is 3. The lowest BCUT2D eigenvalue weighted by molar-refractivity contribution is -0.162. The first-order valence-corrected chi connectivity index (χ1v) is 16.9. The van der Waals surface area contributed by atoms with Crippen molar-refractivity contribution >= 4 is 51.1 Å². The molecule has 2 atom stereocenters. The van der Waals surface area contributed by atoms with Crippen molar-refractivity contribution in [2.24, 2.45) is 11.8 Å². The van der Waals surface area contributed by atoms with Crippen LogP contribution in [-0.2, 0) is 20.7 Å². The molecule has 2 aliphatic rings. The first-order valence-electron chi connectivity index (χ1n) is 16.1. The summed E-state index contributed by atoms with van der Waals surface area (Å²) in [5.41, 5.74) is 2.26. The van der Waals surface area contributed by atoms with Gasteiger partial charge in [0.1, 0.15) is 16.2 Å². The highest BCUT2D eigenvalue weighted by molar-refractivity contribution is 7.18. The number of aromatic nitrogens is 2. The van der Waals surface area contributed by atoms with Gasteiger partial charge < -0.3 is 14.5 Å². The monoisotopic (exact) mass is 639 g/mol. The molecule has 2 fully saturated rings. The van der Waals surface area contributed by atoms with Crippen LogP contribution in [0.5, 0.6) is 0 Å². The lowest BCUT2D eigenvalue weighted by Gasteiger charge is -2.35. The van der Waals surface area contributed by atoms with Gasteiger partial charge in [-0.1, -0.05) is 55.8 Å². The van der Waals surface area contributed by atoms with Gasteiger partial charge in [0.2, 0.25) is 11.9 Å². The maximum Gasteiger partial charge on any atom is 0.310 e. The number of aryl methyl sites for hydroxylation is 1. The van der Waals surface area contributed by atoms with Crippen molar-refractivity contribution in [1.82, 2.24) is 14.9 Å². The molecule has 1 aliphatic heterocycles. The van der Waals surface area contributed by atoms with E-state index >= 15 is 0 Å². The molecule has 1 unspecified atom stereocenters. The second kappa shape index (κ2) is 13.2. The molecule has 6 rings (SSSR count). The highest BCUT2D eigenvalue weighted by atomic mass is 32.1. The summed E-state index contributed by atoms with van der Waals surface area (Å²) in [5, 5.41) is 3.89. The van der Waals surface area contributed by atoms with E-state index in [1.807, 2.05) is 68.1 Å². The van der Waals surface area contributed by atoms with Gasteiger partial charge in [0.25, 0.3) is 5.91 Å². The number of piperazine rings is 1. The Labute approximate surface area is 274 Å². The number of rotatable bonds is 7. The van der Waals surface area contributed by atoms with Gasteiger partial charge in [0.05, 0.1) is 17.2 Å². The van der Waals surface area contributed by atoms with Crippen LogP contribution >= 0.6 is 11.3 Å². The Bertz CT molecular complexity index is 1720. The normalized spacial score (nSPS) is 18.5. The summed E-state index contributed by atoms with van der Waals surface area (Å²) in [6, 6.07) is 20.0. The smallest absolute Gasteiger partial charge is 0.310 e. The van der Waals surface area contributed by atoms with E-state index in [1.165, 1.54) is 4.88 Å². The molecular weight excluding hydrogens is 598 g/mol. The van der Waals surface area contributed by atoms with Gasteiger partial charge in [-0.2, -0.15) is 4.98 Å². The number of esters is 1. The number of amides is 2. The van der Waals surface area contributed by atoms with Crippen LogP contribution < -0.4 is 10.2 Å². The number of benzene rings is 2. The average molecular weight is 640 g/mol. The van der Waals surface area contributed by atoms with Gasteiger partial charge in [-0.25, -0.2) is 4.98 Å². The molecule has 9 nitrogen and oxygen atoms in total. The summed E-state index contributed by atoms with van der Waals surface area (Å²) in [6.45, 7) is 9.93. The van der Waals surface area contributed by atoms with E-state index < -0.39 is 17.4 Å². The fraction of sp³-hybridized carbons (Fsp3) is 0.417. The van der Waals surface area contributed by atoms with Gasteiger partial charge >= 0.3 is 5.97 Å². The first-order chi connectivity index (χ1) is 22.1. The summed E-state index contributed by atoms with van der Waals surface area (Å²) in [7, 11) is 0. The molecular formula is C36H41N5O4S. The number of nitrogens with zero attached hydrogens (tertiary/aromatic N) is 4. The Balaban J connectivity index is 1.16. The van der Waals surface area contributed by atoms with Crippen molar-refractivity contribution in [3.8, 4) is 11.1 Å². The summed E-state index contributed by atoms with van der Waals surface area (Å²) in [5.74, 6) is -0.527. The highest BCUT2D eigenvalue weighted by Gasteiger charge is 2.40. The molecule has 1 aliphatic carbocycles. The number of anilines is 2. The third kappa shape index (κ3) is 6.92. The molecule has 3 heterocycles. The minimum Gasteiger partial charge on any atom is -0.460 e. The standard InChI is InChI=1S/C36H41N5O4S/c1-5-26-22-29-30(37-35(39-32(29)46-26)38-31(42)27-12-9-13-28(27)34(44)45-36(2,3)4)40-18-20-41(21-19-40)33(43)25-16-14-24(15-17-25)23-10-7-6-8-11-23/h6-8,10-11,14-17,22,27-28H,5,9,12-13,18-21H2,1-4H3,(H,37,38,39,42)/t27-,28?/m1/s1. The second-order valence-electron chi connectivity index (χ2n) is 13.0. The van der Waals surface area contributed by atoms with Crippen LogP contribution in [0.4, 0.5) is 11.8 Å². The lowest BCUT2D eigenvalue weighted by atomic mass is 9.95. The third-order valence-corrected chi connectivity index (χ3v) is 9.85. The minimum absolute atomic E-state index is 0.0138. The molecule has 240 valence electrons. The van der Waals surface area contributed by atoms with E-state index in [4.69, 9.17) is 14.7 Å². The van der Waals surface area contributed by atoms with Crippen molar-refractivity contribution in [2.75, 3.05) is 36.4 Å². The second-order valence-corrected chi connectivity index (χ2v) is 14.2. The van der Waals surface area contributed by atoms with Crippen LogP contribution in [0, 0.1) is 11.8 Å². The maximum atomic E-state index is 13.5. The Kier molecular flexibility index (Phi) is 9.08. The van der Waals surface area contributed by atoms with Gasteiger partial charge in [-0.3, -0.25) is 19.7 Å². The molecule has 46 heavy (non-hydrogen) atoms. The topological polar surface area (TPSA) is 105 Å². The number of fused-ring (bicyclic) bond motifs is 1. The zero-order valence-electron chi connectivity index (χ0n) is 26.9. The van der Waals surface area contributed by atoms with Crippen LogP contribution in [-0.4, -0.2) is 64.4 Å². The van der Waals surface area contributed by atoms with Crippen LogP contribution in [0.15, 0.2) is 60.7 Å². The fourth-order valence-corrected chi connectivity index (χ4v) is 7.27. The van der Waals surface area contributed by atoms with Crippen LogP contribution in [0.3, 0.4) is 0 Å². The zero-order valence-corrected chi connectivity index (χ0v) is 27.7. The molecule has 2 aromatic carbocycles. The van der Waals surface area contributed by atoms with E-state index in [1.54, 1.807) is 11.3 Å². The number of thiophene rings is 1. The fourth-order valence-electron chi connectivity index (χ4n) is 6.30. The van der Waals surface area contributed by atoms with Crippen molar-refractivity contribution in [1.29, 1.82) is 0 Å². The predicted molar refractivity (Wildman–Crippen MR) is 182 cm³/mol. The largest absolute Gasteiger partial charge is 0.460 e. The van der Waals surface area contributed by atoms with Crippen LogP contribution in [0.2, 0.25) is 0 Å². The lowest BCUT2D eigenvalue weighted by Crippen LogP contribution is -2.49. The van der Waals surface area contributed by atoms with Crippen molar-refractivity contribution in [2.45, 2.75) is 59.0 Å². The third-order valence-electron chi connectivity index (χ3n) is 8.67. The summed E-state index contributed by atoms with van der Waals surface area (Å²) < 4.78 is 5.62. The molecule has 2 amide bonds. The van der Waals surface area contributed by atoms with E-state index in [-0.39, 0.29) is 23.7 Å². The average Bonchev–Trinajstić information content (AvgIpc) is 3.72. The quantitative estimate of drug-likeness (QED) is 0.228. The molecule has 1 saturated heterocycles. The van der Waals surface area contributed by atoms with Gasteiger partial charge in [0.15, 0.2) is 0 Å². The van der Waals surface area contributed by atoms with Crippen LogP contribution in [0.25, 0.3) is 21.3 Å². The SMILES string of the molecule is CCc1cc2c(N3CCN(C(=O)c4ccc(-c5ccccc5)cc4)CC3)nc(NC(=O)[C@@H]3CCCC3C(=O)OC(C)(C)C)nc2s1. The first kappa shape index (κ1) is 31.7. The predicted octanol–water partition coefficient (Wildman–Crippen LogP) is 6.58. The van der Waals surface area contributed by atoms with E-state index in [0.29, 0.717) is 44.6 Å². The Morgan fingerprint density at radius 3 is 2.26 bits per heavy atom. The van der Waals surface area contributed by atoms with Crippen molar-refractivity contribution in [3.63, 3.8) is 0 Å². The van der Waals surface area contributed by atoms with Gasteiger partial charge in [-0.15, -0.1) is 11.3 Å². The van der Waals surface area contributed by atoms with Crippen LogP contribution in [0.1, 0.15) is 62.2 Å². The number of nitrogens with one attached hydrogen (secondary N) is 1. The number of ether oxygens (including phenoxy) is 1. The zero-order chi connectivity index (χ0) is 32.4. The Hall–Kier alpha value is -4.31. The van der Waals surface area contributed by atoms with Gasteiger partial charge in [-0.05, 0) is 69.4 Å². The highest BCUT2D eigenvalue weighted by Crippen LogP contribution is 2.36. The Morgan fingerprint density at radius 2 is 1.59 bits per heavy atom. The molecule has 0 radical (unpaired) electrons.